The highest BCUT2D eigenvalue weighted by atomic mass is 32.2. The molecule has 0 aliphatic carbocycles. The summed E-state index contributed by atoms with van der Waals surface area (Å²) in [5.41, 5.74) is 0.885. The van der Waals surface area contributed by atoms with Gasteiger partial charge in [-0.1, -0.05) is 18.2 Å². The SMILES string of the molecule is COc1ccccc1C1CNCCN1S(=O)(=O)CCOC(C)C. The number of piperazine rings is 1. The second-order valence-electron chi connectivity index (χ2n) is 5.81. The monoisotopic (exact) mass is 342 g/mol. The fraction of sp³-hybridized carbons (Fsp3) is 0.625. The van der Waals surface area contributed by atoms with E-state index in [0.29, 0.717) is 25.4 Å². The van der Waals surface area contributed by atoms with Crippen molar-refractivity contribution in [2.75, 3.05) is 39.1 Å². The molecule has 1 aromatic carbocycles. The average molecular weight is 342 g/mol. The Morgan fingerprint density at radius 2 is 2.09 bits per heavy atom. The van der Waals surface area contributed by atoms with Gasteiger partial charge >= 0.3 is 0 Å². The molecule has 0 saturated carbocycles. The van der Waals surface area contributed by atoms with E-state index in [1.54, 1.807) is 11.4 Å². The van der Waals surface area contributed by atoms with Crippen molar-refractivity contribution in [3.8, 4) is 5.75 Å². The highest BCUT2D eigenvalue weighted by molar-refractivity contribution is 7.89. The molecule has 0 bridgehead atoms. The van der Waals surface area contributed by atoms with E-state index in [1.165, 1.54) is 0 Å². The van der Waals surface area contributed by atoms with Crippen molar-refractivity contribution in [3.63, 3.8) is 0 Å². The number of hydrogen-bond acceptors (Lipinski definition) is 5. The van der Waals surface area contributed by atoms with Gasteiger partial charge in [-0.2, -0.15) is 4.31 Å². The zero-order valence-corrected chi connectivity index (χ0v) is 14.8. The molecular weight excluding hydrogens is 316 g/mol. The van der Waals surface area contributed by atoms with Gasteiger partial charge in [-0.25, -0.2) is 8.42 Å². The molecule has 1 aromatic rings. The summed E-state index contributed by atoms with van der Waals surface area (Å²) in [6, 6.07) is 7.30. The number of hydrogen-bond donors (Lipinski definition) is 1. The third kappa shape index (κ3) is 4.67. The van der Waals surface area contributed by atoms with Gasteiger partial charge in [0.05, 0.1) is 31.6 Å². The van der Waals surface area contributed by atoms with E-state index in [-0.39, 0.29) is 24.5 Å². The van der Waals surface area contributed by atoms with Crippen LogP contribution in [0, 0.1) is 0 Å². The minimum atomic E-state index is -3.39. The van der Waals surface area contributed by atoms with Gasteiger partial charge in [0, 0.05) is 25.2 Å². The Hall–Kier alpha value is -1.15. The van der Waals surface area contributed by atoms with Crippen molar-refractivity contribution in [3.05, 3.63) is 29.8 Å². The first kappa shape index (κ1) is 18.2. The van der Waals surface area contributed by atoms with E-state index in [2.05, 4.69) is 5.32 Å². The van der Waals surface area contributed by atoms with Gasteiger partial charge in [-0.3, -0.25) is 0 Å². The number of ether oxygens (including phenoxy) is 2. The molecule has 6 nitrogen and oxygen atoms in total. The van der Waals surface area contributed by atoms with Gasteiger partial charge in [-0.05, 0) is 19.9 Å². The van der Waals surface area contributed by atoms with Gasteiger partial charge in [0.2, 0.25) is 10.0 Å². The molecule has 0 radical (unpaired) electrons. The van der Waals surface area contributed by atoms with Crippen LogP contribution in [0.1, 0.15) is 25.5 Å². The van der Waals surface area contributed by atoms with Gasteiger partial charge in [-0.15, -0.1) is 0 Å². The topological polar surface area (TPSA) is 67.9 Å². The summed E-state index contributed by atoms with van der Waals surface area (Å²) in [5, 5.41) is 3.27. The van der Waals surface area contributed by atoms with E-state index in [1.807, 2.05) is 38.1 Å². The Morgan fingerprint density at radius 3 is 2.78 bits per heavy atom. The molecule has 1 aliphatic heterocycles. The normalized spacial score (nSPS) is 19.9. The fourth-order valence-electron chi connectivity index (χ4n) is 2.73. The maximum Gasteiger partial charge on any atom is 0.217 e. The molecule has 7 heteroatoms. The molecule has 2 rings (SSSR count). The maximum atomic E-state index is 12.7. The molecule has 1 unspecified atom stereocenters. The standard InChI is InChI=1S/C16H26N2O4S/c1-13(2)22-10-11-23(19,20)18-9-8-17-12-15(18)14-6-4-5-7-16(14)21-3/h4-7,13,15,17H,8-12H2,1-3H3. The maximum absolute atomic E-state index is 12.7. The number of benzene rings is 1. The third-order valence-corrected chi connectivity index (χ3v) is 5.68. The molecular formula is C16H26N2O4S. The highest BCUT2D eigenvalue weighted by Crippen LogP contribution is 2.31. The quantitative estimate of drug-likeness (QED) is 0.811. The molecule has 1 heterocycles. The van der Waals surface area contributed by atoms with Crippen LogP contribution < -0.4 is 10.1 Å². The Morgan fingerprint density at radius 1 is 1.35 bits per heavy atom. The predicted molar refractivity (Wildman–Crippen MR) is 90.2 cm³/mol. The zero-order valence-electron chi connectivity index (χ0n) is 14.0. The average Bonchev–Trinajstić information content (AvgIpc) is 2.54. The zero-order chi connectivity index (χ0) is 16.9. The molecule has 0 aromatic heterocycles. The highest BCUT2D eigenvalue weighted by Gasteiger charge is 2.34. The molecule has 1 fully saturated rings. The van der Waals surface area contributed by atoms with Crippen molar-refractivity contribution in [2.45, 2.75) is 26.0 Å². The molecule has 1 atom stereocenters. The number of methoxy groups -OCH3 is 1. The van der Waals surface area contributed by atoms with E-state index in [9.17, 15) is 8.42 Å². The van der Waals surface area contributed by atoms with Crippen molar-refractivity contribution in [2.24, 2.45) is 0 Å². The first-order valence-corrected chi connectivity index (χ1v) is 9.51. The Bertz CT molecular complexity index is 604. The van der Waals surface area contributed by atoms with Crippen LogP contribution in [0.4, 0.5) is 0 Å². The molecule has 0 spiro atoms. The predicted octanol–water partition coefficient (Wildman–Crippen LogP) is 1.40. The van der Waals surface area contributed by atoms with Gasteiger partial charge in [0.1, 0.15) is 5.75 Å². The summed E-state index contributed by atoms with van der Waals surface area (Å²) in [4.78, 5) is 0. The number of nitrogens with zero attached hydrogens (tertiary/aromatic N) is 1. The molecule has 130 valence electrons. The first-order valence-electron chi connectivity index (χ1n) is 7.90. The summed E-state index contributed by atoms with van der Waals surface area (Å²) in [6.45, 7) is 5.68. The van der Waals surface area contributed by atoms with Crippen molar-refractivity contribution in [1.82, 2.24) is 9.62 Å². The van der Waals surface area contributed by atoms with Crippen molar-refractivity contribution in [1.29, 1.82) is 0 Å². The van der Waals surface area contributed by atoms with Crippen molar-refractivity contribution >= 4 is 10.0 Å². The van der Waals surface area contributed by atoms with E-state index >= 15 is 0 Å². The number of nitrogens with one attached hydrogen (secondary N) is 1. The Labute approximate surface area is 138 Å². The lowest BCUT2D eigenvalue weighted by molar-refractivity contribution is 0.0903. The van der Waals surface area contributed by atoms with Crippen LogP contribution in [0.25, 0.3) is 0 Å². The Kier molecular flexibility index (Phi) is 6.41. The lowest BCUT2D eigenvalue weighted by atomic mass is 10.0. The minimum Gasteiger partial charge on any atom is -0.496 e. The molecule has 1 saturated heterocycles. The van der Waals surface area contributed by atoms with E-state index in [0.717, 1.165) is 5.56 Å². The van der Waals surface area contributed by atoms with Gasteiger partial charge in [0.15, 0.2) is 0 Å². The number of sulfonamides is 1. The fourth-order valence-corrected chi connectivity index (χ4v) is 4.22. The van der Waals surface area contributed by atoms with Crippen LogP contribution in [-0.4, -0.2) is 57.9 Å². The molecule has 1 aliphatic rings. The lowest BCUT2D eigenvalue weighted by Gasteiger charge is -2.36. The van der Waals surface area contributed by atoms with E-state index in [4.69, 9.17) is 9.47 Å². The number of rotatable bonds is 7. The minimum absolute atomic E-state index is 0.00315. The smallest absolute Gasteiger partial charge is 0.217 e. The van der Waals surface area contributed by atoms with Crippen molar-refractivity contribution < 1.29 is 17.9 Å². The van der Waals surface area contributed by atoms with Crippen LogP contribution in [0.15, 0.2) is 24.3 Å². The molecule has 0 amide bonds. The van der Waals surface area contributed by atoms with Crippen LogP contribution >= 0.6 is 0 Å². The van der Waals surface area contributed by atoms with Crippen LogP contribution in [0.2, 0.25) is 0 Å². The number of para-hydroxylation sites is 1. The second-order valence-corrected chi connectivity index (χ2v) is 7.85. The first-order chi connectivity index (χ1) is 11.0. The van der Waals surface area contributed by atoms with Crippen LogP contribution in [0.3, 0.4) is 0 Å². The summed E-state index contributed by atoms with van der Waals surface area (Å²) in [6.07, 6.45) is 0.0261. The second kappa shape index (κ2) is 8.10. The Balaban J connectivity index is 2.21. The van der Waals surface area contributed by atoms with Crippen LogP contribution in [-0.2, 0) is 14.8 Å². The third-order valence-electron chi connectivity index (χ3n) is 3.84. The van der Waals surface area contributed by atoms with Gasteiger partial charge in [0.25, 0.3) is 0 Å². The molecule has 23 heavy (non-hydrogen) atoms. The van der Waals surface area contributed by atoms with Crippen LogP contribution in [0.5, 0.6) is 5.75 Å². The summed E-state index contributed by atoms with van der Waals surface area (Å²) >= 11 is 0. The summed E-state index contributed by atoms with van der Waals surface area (Å²) in [7, 11) is -1.79. The van der Waals surface area contributed by atoms with E-state index < -0.39 is 10.0 Å². The largest absolute Gasteiger partial charge is 0.496 e. The summed E-state index contributed by atoms with van der Waals surface area (Å²) in [5.74, 6) is 0.705. The summed E-state index contributed by atoms with van der Waals surface area (Å²) < 4.78 is 37.8. The van der Waals surface area contributed by atoms with Gasteiger partial charge < -0.3 is 14.8 Å². The molecule has 1 N–H and O–H groups in total. The lowest BCUT2D eigenvalue weighted by Crippen LogP contribution is -2.49.